The average Bonchev–Trinajstić information content (AvgIpc) is 2.91. The Morgan fingerprint density at radius 2 is 2.17 bits per heavy atom. The number of aryl methyl sites for hydroxylation is 1. The molecule has 2 N–H and O–H groups in total. The molecule has 1 fully saturated rings. The maximum Gasteiger partial charge on any atom is 0.311 e. The third-order valence-electron chi connectivity index (χ3n) is 4.21. The second-order valence-corrected chi connectivity index (χ2v) is 6.17. The van der Waals surface area contributed by atoms with Crippen molar-refractivity contribution in [1.82, 2.24) is 10.2 Å². The SMILES string of the molecule is CCCNC(=O)C1CCCN(C(=O)c2c(C)coc2CC(=O)O)C1. The Hall–Kier alpha value is -2.31. The topological polar surface area (TPSA) is 99.9 Å². The number of furan rings is 1. The van der Waals surface area contributed by atoms with Crippen LogP contribution in [0, 0.1) is 12.8 Å². The van der Waals surface area contributed by atoms with Crippen LogP contribution in [-0.4, -0.2) is 47.4 Å². The van der Waals surface area contributed by atoms with Crippen LogP contribution in [0.2, 0.25) is 0 Å². The van der Waals surface area contributed by atoms with Gasteiger partial charge in [0.15, 0.2) is 0 Å². The van der Waals surface area contributed by atoms with Gasteiger partial charge in [-0.2, -0.15) is 0 Å². The van der Waals surface area contributed by atoms with Crippen LogP contribution >= 0.6 is 0 Å². The first-order valence-corrected chi connectivity index (χ1v) is 8.29. The standard InChI is InChI=1S/C17H24N2O5/c1-3-6-18-16(22)12-5-4-7-19(9-12)17(23)15-11(2)10-24-13(15)8-14(20)21/h10,12H,3-9H2,1-2H3,(H,18,22)(H,20,21). The van der Waals surface area contributed by atoms with E-state index in [9.17, 15) is 14.4 Å². The largest absolute Gasteiger partial charge is 0.481 e. The van der Waals surface area contributed by atoms with Gasteiger partial charge in [0.1, 0.15) is 12.2 Å². The summed E-state index contributed by atoms with van der Waals surface area (Å²) in [5.41, 5.74) is 0.931. The lowest BCUT2D eigenvalue weighted by molar-refractivity contribution is -0.136. The van der Waals surface area contributed by atoms with E-state index in [1.54, 1.807) is 11.8 Å². The Morgan fingerprint density at radius 1 is 1.42 bits per heavy atom. The zero-order valence-corrected chi connectivity index (χ0v) is 14.1. The highest BCUT2D eigenvalue weighted by atomic mass is 16.4. The maximum atomic E-state index is 12.8. The van der Waals surface area contributed by atoms with Gasteiger partial charge in [-0.25, -0.2) is 0 Å². The van der Waals surface area contributed by atoms with Crippen molar-refractivity contribution >= 4 is 17.8 Å². The Balaban J connectivity index is 2.11. The molecule has 2 heterocycles. The third kappa shape index (κ3) is 4.15. The van der Waals surface area contributed by atoms with Crippen LogP contribution in [0.4, 0.5) is 0 Å². The predicted octanol–water partition coefficient (Wildman–Crippen LogP) is 1.59. The molecule has 7 nitrogen and oxygen atoms in total. The number of nitrogens with zero attached hydrogens (tertiary/aromatic N) is 1. The van der Waals surface area contributed by atoms with E-state index in [0.717, 1.165) is 19.3 Å². The predicted molar refractivity (Wildman–Crippen MR) is 86.7 cm³/mol. The number of hydrogen-bond donors (Lipinski definition) is 2. The van der Waals surface area contributed by atoms with Crippen LogP contribution < -0.4 is 5.32 Å². The molecule has 1 atom stereocenters. The molecular weight excluding hydrogens is 312 g/mol. The van der Waals surface area contributed by atoms with Crippen molar-refractivity contribution < 1.29 is 23.9 Å². The van der Waals surface area contributed by atoms with E-state index in [-0.39, 0.29) is 29.9 Å². The van der Waals surface area contributed by atoms with Gasteiger partial charge in [-0.3, -0.25) is 14.4 Å². The second-order valence-electron chi connectivity index (χ2n) is 6.17. The van der Waals surface area contributed by atoms with Crippen molar-refractivity contribution in [3.05, 3.63) is 23.2 Å². The molecule has 0 spiro atoms. The van der Waals surface area contributed by atoms with Gasteiger partial charge in [0.05, 0.1) is 17.7 Å². The highest BCUT2D eigenvalue weighted by Crippen LogP contribution is 2.23. The van der Waals surface area contributed by atoms with E-state index in [2.05, 4.69) is 5.32 Å². The molecule has 7 heteroatoms. The fourth-order valence-electron chi connectivity index (χ4n) is 2.98. The molecule has 2 rings (SSSR count). The number of carbonyl (C=O) groups is 3. The Kier molecular flexibility index (Phi) is 6.00. The number of carbonyl (C=O) groups excluding carboxylic acids is 2. The van der Waals surface area contributed by atoms with E-state index < -0.39 is 5.97 Å². The first-order valence-electron chi connectivity index (χ1n) is 8.29. The lowest BCUT2D eigenvalue weighted by Crippen LogP contribution is -2.45. The molecule has 24 heavy (non-hydrogen) atoms. The summed E-state index contributed by atoms with van der Waals surface area (Å²) in [5.74, 6) is -1.38. The smallest absolute Gasteiger partial charge is 0.311 e. The van der Waals surface area contributed by atoms with Gasteiger partial charge in [-0.15, -0.1) is 0 Å². The molecule has 0 aliphatic carbocycles. The van der Waals surface area contributed by atoms with Crippen LogP contribution in [0.1, 0.15) is 47.9 Å². The number of likely N-dealkylation sites (tertiary alicyclic amines) is 1. The highest BCUT2D eigenvalue weighted by molar-refractivity contribution is 5.97. The van der Waals surface area contributed by atoms with Crippen molar-refractivity contribution in [3.63, 3.8) is 0 Å². The maximum absolute atomic E-state index is 12.8. The Labute approximate surface area is 141 Å². The van der Waals surface area contributed by atoms with E-state index in [0.29, 0.717) is 30.8 Å². The van der Waals surface area contributed by atoms with Crippen LogP contribution in [0.5, 0.6) is 0 Å². The van der Waals surface area contributed by atoms with Crippen LogP contribution in [0.25, 0.3) is 0 Å². The summed E-state index contributed by atoms with van der Waals surface area (Å²) in [6, 6.07) is 0. The minimum absolute atomic E-state index is 0.0241. The van der Waals surface area contributed by atoms with Crippen molar-refractivity contribution in [3.8, 4) is 0 Å². The molecular formula is C17H24N2O5. The molecule has 0 saturated carbocycles. The summed E-state index contributed by atoms with van der Waals surface area (Å²) in [5, 5.41) is 11.8. The molecule has 132 valence electrons. The molecule has 2 amide bonds. The molecule has 1 aromatic heterocycles. The first-order chi connectivity index (χ1) is 11.4. The average molecular weight is 336 g/mol. The number of amides is 2. The van der Waals surface area contributed by atoms with Gasteiger partial charge in [0, 0.05) is 25.2 Å². The van der Waals surface area contributed by atoms with Crippen molar-refractivity contribution in [2.24, 2.45) is 5.92 Å². The second kappa shape index (κ2) is 7.99. The van der Waals surface area contributed by atoms with Gasteiger partial charge in [-0.1, -0.05) is 6.92 Å². The summed E-state index contributed by atoms with van der Waals surface area (Å²) >= 11 is 0. The minimum atomic E-state index is -1.05. The normalized spacial score (nSPS) is 17.6. The monoisotopic (exact) mass is 336 g/mol. The summed E-state index contributed by atoms with van der Waals surface area (Å²) in [6.45, 7) is 5.26. The van der Waals surface area contributed by atoms with E-state index in [1.807, 2.05) is 6.92 Å². The van der Waals surface area contributed by atoms with Crippen molar-refractivity contribution in [2.75, 3.05) is 19.6 Å². The molecule has 0 aromatic carbocycles. The highest BCUT2D eigenvalue weighted by Gasteiger charge is 2.31. The van der Waals surface area contributed by atoms with Crippen LogP contribution in [0.3, 0.4) is 0 Å². The summed E-state index contributed by atoms with van der Waals surface area (Å²) < 4.78 is 5.24. The van der Waals surface area contributed by atoms with E-state index in [1.165, 1.54) is 6.26 Å². The van der Waals surface area contributed by atoms with Crippen LogP contribution in [-0.2, 0) is 16.0 Å². The van der Waals surface area contributed by atoms with Crippen LogP contribution in [0.15, 0.2) is 10.7 Å². The quantitative estimate of drug-likeness (QED) is 0.822. The lowest BCUT2D eigenvalue weighted by Gasteiger charge is -2.32. The van der Waals surface area contributed by atoms with E-state index >= 15 is 0 Å². The lowest BCUT2D eigenvalue weighted by atomic mass is 9.96. The van der Waals surface area contributed by atoms with Gasteiger partial charge in [0.2, 0.25) is 5.91 Å². The number of piperidine rings is 1. The number of aliphatic carboxylic acids is 1. The summed E-state index contributed by atoms with van der Waals surface area (Å²) in [6.07, 6.45) is 3.45. The number of carboxylic acids is 1. The minimum Gasteiger partial charge on any atom is -0.481 e. The molecule has 0 bridgehead atoms. The summed E-state index contributed by atoms with van der Waals surface area (Å²) in [7, 11) is 0. The zero-order chi connectivity index (χ0) is 17.7. The number of hydrogen-bond acceptors (Lipinski definition) is 4. The van der Waals surface area contributed by atoms with Crippen molar-refractivity contribution in [1.29, 1.82) is 0 Å². The third-order valence-corrected chi connectivity index (χ3v) is 4.21. The fourth-order valence-corrected chi connectivity index (χ4v) is 2.98. The molecule has 1 aliphatic rings. The molecule has 1 aromatic rings. The fraction of sp³-hybridized carbons (Fsp3) is 0.588. The van der Waals surface area contributed by atoms with Crippen molar-refractivity contribution in [2.45, 2.75) is 39.5 Å². The molecule has 0 radical (unpaired) electrons. The molecule has 1 saturated heterocycles. The Bertz CT molecular complexity index is 622. The molecule has 1 aliphatic heterocycles. The van der Waals surface area contributed by atoms with Gasteiger partial charge in [-0.05, 0) is 26.2 Å². The number of carboxylic acid groups (broad SMARTS) is 1. The first kappa shape index (κ1) is 18.0. The van der Waals surface area contributed by atoms with Gasteiger partial charge < -0.3 is 19.7 Å². The van der Waals surface area contributed by atoms with Gasteiger partial charge >= 0.3 is 5.97 Å². The number of nitrogens with one attached hydrogen (secondary N) is 1. The summed E-state index contributed by atoms with van der Waals surface area (Å²) in [4.78, 5) is 37.5. The van der Waals surface area contributed by atoms with Gasteiger partial charge in [0.25, 0.3) is 5.91 Å². The van der Waals surface area contributed by atoms with E-state index in [4.69, 9.17) is 9.52 Å². The number of rotatable bonds is 6. The Morgan fingerprint density at radius 3 is 2.83 bits per heavy atom. The molecule has 1 unspecified atom stereocenters. The zero-order valence-electron chi connectivity index (χ0n) is 14.1.